The van der Waals surface area contributed by atoms with E-state index in [0.29, 0.717) is 6.04 Å². The largest absolute Gasteiger partial charge is 0.361 e. The van der Waals surface area contributed by atoms with E-state index in [1.165, 1.54) is 33.5 Å². The zero-order valence-electron chi connectivity index (χ0n) is 18.0. The molecule has 0 saturated carbocycles. The summed E-state index contributed by atoms with van der Waals surface area (Å²) >= 11 is 0. The molecule has 1 nitrogen and oxygen atoms in total. The SMILES string of the molecule is C/C=C\C=C/C(C)N1C/C(=C\C=C/C)C2=C1C(C)=C(c1ccccc1C)CC2. The molecule has 1 heteroatoms. The van der Waals surface area contributed by atoms with Crippen molar-refractivity contribution in [3.8, 4) is 0 Å². The number of nitrogens with zero attached hydrogens (tertiary/aromatic N) is 1. The van der Waals surface area contributed by atoms with Gasteiger partial charge in [-0.05, 0) is 80.9 Å². The van der Waals surface area contributed by atoms with Gasteiger partial charge in [-0.1, -0.05) is 66.8 Å². The summed E-state index contributed by atoms with van der Waals surface area (Å²) in [7, 11) is 0. The highest BCUT2D eigenvalue weighted by Gasteiger charge is 2.33. The van der Waals surface area contributed by atoms with Crippen molar-refractivity contribution >= 4 is 5.57 Å². The Morgan fingerprint density at radius 2 is 1.64 bits per heavy atom. The van der Waals surface area contributed by atoms with Crippen molar-refractivity contribution < 1.29 is 0 Å². The second-order valence-corrected chi connectivity index (χ2v) is 7.74. The minimum atomic E-state index is 0.365. The molecule has 1 heterocycles. The van der Waals surface area contributed by atoms with E-state index in [1.54, 1.807) is 5.57 Å². The molecule has 2 aliphatic rings. The predicted octanol–water partition coefficient (Wildman–Crippen LogP) is 7.16. The van der Waals surface area contributed by atoms with Gasteiger partial charge in [0, 0.05) is 18.3 Å². The smallest absolute Gasteiger partial charge is 0.0451 e. The lowest BCUT2D eigenvalue weighted by Crippen LogP contribution is -2.30. The van der Waals surface area contributed by atoms with Gasteiger partial charge in [-0.15, -0.1) is 0 Å². The van der Waals surface area contributed by atoms with E-state index in [2.05, 4.69) is 106 Å². The van der Waals surface area contributed by atoms with E-state index < -0.39 is 0 Å². The monoisotopic (exact) mass is 371 g/mol. The van der Waals surface area contributed by atoms with Crippen LogP contribution < -0.4 is 0 Å². The Balaban J connectivity index is 2.08. The molecule has 0 radical (unpaired) electrons. The van der Waals surface area contributed by atoms with Gasteiger partial charge in [-0.3, -0.25) is 0 Å². The van der Waals surface area contributed by atoms with Gasteiger partial charge in [0.25, 0.3) is 0 Å². The van der Waals surface area contributed by atoms with Crippen LogP contribution in [-0.4, -0.2) is 17.5 Å². The third kappa shape index (κ3) is 3.99. The number of hydrogen-bond acceptors (Lipinski definition) is 1. The van der Waals surface area contributed by atoms with Crippen molar-refractivity contribution in [3.05, 3.63) is 100 Å². The molecule has 3 rings (SSSR count). The lowest BCUT2D eigenvalue weighted by atomic mass is 9.84. The molecule has 0 saturated heterocycles. The number of allylic oxidation sites excluding steroid dienone is 8. The Bertz CT molecular complexity index is 902. The molecule has 0 aromatic heterocycles. The lowest BCUT2D eigenvalue weighted by Gasteiger charge is -2.31. The molecule has 1 aliphatic heterocycles. The van der Waals surface area contributed by atoms with Crippen LogP contribution in [0.25, 0.3) is 5.57 Å². The highest BCUT2D eigenvalue weighted by atomic mass is 15.2. The summed E-state index contributed by atoms with van der Waals surface area (Å²) in [6.45, 7) is 12.0. The third-order valence-corrected chi connectivity index (χ3v) is 5.88. The van der Waals surface area contributed by atoms with Crippen LogP contribution in [0.1, 0.15) is 51.7 Å². The van der Waals surface area contributed by atoms with Gasteiger partial charge in [0.15, 0.2) is 0 Å². The summed E-state index contributed by atoms with van der Waals surface area (Å²) in [5, 5.41) is 0. The number of benzene rings is 1. The number of aryl methyl sites for hydroxylation is 1. The Morgan fingerprint density at radius 1 is 0.929 bits per heavy atom. The molecule has 146 valence electrons. The van der Waals surface area contributed by atoms with E-state index in [1.807, 2.05) is 0 Å². The summed E-state index contributed by atoms with van der Waals surface area (Å²) < 4.78 is 0. The maximum Gasteiger partial charge on any atom is 0.0451 e. The zero-order valence-corrected chi connectivity index (χ0v) is 18.0. The average molecular weight is 372 g/mol. The molecular formula is C27H33N. The summed E-state index contributed by atoms with van der Waals surface area (Å²) in [6, 6.07) is 9.18. The summed E-state index contributed by atoms with van der Waals surface area (Å²) in [6.07, 6.45) is 17.5. The van der Waals surface area contributed by atoms with Crippen LogP contribution in [0.2, 0.25) is 0 Å². The Kier molecular flexibility index (Phi) is 6.57. The van der Waals surface area contributed by atoms with E-state index >= 15 is 0 Å². The molecule has 0 spiro atoms. The molecular weight excluding hydrogens is 338 g/mol. The van der Waals surface area contributed by atoms with Crippen molar-refractivity contribution in [1.29, 1.82) is 0 Å². The van der Waals surface area contributed by atoms with Crippen LogP contribution >= 0.6 is 0 Å². The molecule has 1 unspecified atom stereocenters. The van der Waals surface area contributed by atoms with Crippen molar-refractivity contribution in [2.75, 3.05) is 6.54 Å². The topological polar surface area (TPSA) is 3.24 Å². The third-order valence-electron chi connectivity index (χ3n) is 5.88. The molecule has 0 amide bonds. The van der Waals surface area contributed by atoms with Crippen LogP contribution in [0.15, 0.2) is 89.2 Å². The minimum absolute atomic E-state index is 0.365. The summed E-state index contributed by atoms with van der Waals surface area (Å²) in [4.78, 5) is 2.58. The van der Waals surface area contributed by atoms with Crippen LogP contribution in [0, 0.1) is 6.92 Å². The van der Waals surface area contributed by atoms with Crippen molar-refractivity contribution in [2.45, 2.75) is 53.5 Å². The van der Waals surface area contributed by atoms with Crippen molar-refractivity contribution in [1.82, 2.24) is 4.90 Å². The molecule has 1 atom stereocenters. The Hall–Kier alpha value is -2.54. The Morgan fingerprint density at radius 3 is 2.36 bits per heavy atom. The first kappa shape index (κ1) is 20.2. The molecule has 28 heavy (non-hydrogen) atoms. The first-order valence-electron chi connectivity index (χ1n) is 10.5. The lowest BCUT2D eigenvalue weighted by molar-refractivity contribution is 0.354. The maximum absolute atomic E-state index is 2.58. The minimum Gasteiger partial charge on any atom is -0.361 e. The van der Waals surface area contributed by atoms with Crippen molar-refractivity contribution in [3.63, 3.8) is 0 Å². The Labute approximate surface area is 171 Å². The maximum atomic E-state index is 2.58. The van der Waals surface area contributed by atoms with Crippen LogP contribution in [-0.2, 0) is 0 Å². The predicted molar refractivity (Wildman–Crippen MR) is 123 cm³/mol. The first-order chi connectivity index (χ1) is 13.6. The second kappa shape index (κ2) is 9.10. The normalized spacial score (nSPS) is 20.5. The van der Waals surface area contributed by atoms with Gasteiger partial charge in [0.05, 0.1) is 0 Å². The quantitative estimate of drug-likeness (QED) is 0.496. The fourth-order valence-corrected chi connectivity index (χ4v) is 4.39. The van der Waals surface area contributed by atoms with Gasteiger partial charge < -0.3 is 4.90 Å². The van der Waals surface area contributed by atoms with Gasteiger partial charge >= 0.3 is 0 Å². The zero-order chi connectivity index (χ0) is 20.1. The molecule has 1 aliphatic carbocycles. The molecule has 0 N–H and O–H groups in total. The standard InChI is InChI=1S/C27H33N/c1-6-8-10-14-21(4)28-19-23(15-9-7-2)26-18-17-25(22(5)27(26)28)24-16-12-11-13-20(24)3/h6-16,21H,17-19H2,1-5H3/b8-6-,9-7-,14-10-,23-15+. The van der Waals surface area contributed by atoms with Crippen LogP contribution in [0.4, 0.5) is 0 Å². The average Bonchev–Trinajstić information content (AvgIpc) is 3.07. The van der Waals surface area contributed by atoms with E-state index in [9.17, 15) is 0 Å². The highest BCUT2D eigenvalue weighted by Crippen LogP contribution is 2.45. The van der Waals surface area contributed by atoms with Crippen LogP contribution in [0.3, 0.4) is 0 Å². The highest BCUT2D eigenvalue weighted by molar-refractivity contribution is 5.77. The number of hydrogen-bond donors (Lipinski definition) is 0. The van der Waals surface area contributed by atoms with Gasteiger partial charge in [0.1, 0.15) is 0 Å². The fourth-order valence-electron chi connectivity index (χ4n) is 4.39. The van der Waals surface area contributed by atoms with Gasteiger partial charge in [0.2, 0.25) is 0 Å². The second-order valence-electron chi connectivity index (χ2n) is 7.74. The summed E-state index contributed by atoms with van der Waals surface area (Å²) in [5.74, 6) is 0. The fraction of sp³-hybridized carbons (Fsp3) is 0.333. The van der Waals surface area contributed by atoms with Gasteiger partial charge in [-0.25, -0.2) is 0 Å². The molecule has 1 aromatic carbocycles. The van der Waals surface area contributed by atoms with E-state index in [4.69, 9.17) is 0 Å². The molecule has 0 bridgehead atoms. The molecule has 1 aromatic rings. The number of rotatable bonds is 5. The van der Waals surface area contributed by atoms with E-state index in [0.717, 1.165) is 19.4 Å². The van der Waals surface area contributed by atoms with E-state index in [-0.39, 0.29) is 0 Å². The van der Waals surface area contributed by atoms with Gasteiger partial charge in [-0.2, -0.15) is 0 Å². The first-order valence-corrected chi connectivity index (χ1v) is 10.5. The summed E-state index contributed by atoms with van der Waals surface area (Å²) in [5.41, 5.74) is 10.2. The molecule has 0 fully saturated rings. The van der Waals surface area contributed by atoms with Crippen molar-refractivity contribution in [2.24, 2.45) is 0 Å². The van der Waals surface area contributed by atoms with Crippen LogP contribution in [0.5, 0.6) is 0 Å².